The molecule has 1 heterocycles. The Hall–Kier alpha value is -3.03. The molecule has 0 aromatic heterocycles. The number of benzene rings is 3. The van der Waals surface area contributed by atoms with E-state index in [1.165, 1.54) is 18.2 Å². The fourth-order valence-corrected chi connectivity index (χ4v) is 5.82. The first-order valence-electron chi connectivity index (χ1n) is 11.2. The van der Waals surface area contributed by atoms with Crippen LogP contribution in [0, 0.1) is 0 Å². The van der Waals surface area contributed by atoms with Crippen molar-refractivity contribution in [1.29, 1.82) is 0 Å². The van der Waals surface area contributed by atoms with Crippen LogP contribution in [-0.2, 0) is 10.0 Å². The SMILES string of the molecule is CCC1(CC)CC(NC(=O)c2ccc(Cl)c(S(=O)(=O)Nc3ccccc3)c2)c2ccccc2O1. The van der Waals surface area contributed by atoms with Gasteiger partial charge in [-0.25, -0.2) is 8.42 Å². The molecule has 34 heavy (non-hydrogen) atoms. The summed E-state index contributed by atoms with van der Waals surface area (Å²) in [5, 5.41) is 3.12. The van der Waals surface area contributed by atoms with E-state index in [0.717, 1.165) is 24.2 Å². The quantitative estimate of drug-likeness (QED) is 0.421. The fraction of sp³-hybridized carbons (Fsp3) is 0.269. The number of ether oxygens (including phenoxy) is 1. The molecule has 0 fully saturated rings. The van der Waals surface area contributed by atoms with E-state index in [9.17, 15) is 13.2 Å². The number of amides is 1. The van der Waals surface area contributed by atoms with Crippen LogP contribution in [-0.4, -0.2) is 19.9 Å². The van der Waals surface area contributed by atoms with Crippen LogP contribution in [0.15, 0.2) is 77.7 Å². The third kappa shape index (κ3) is 4.91. The molecule has 0 bridgehead atoms. The van der Waals surface area contributed by atoms with Crippen LogP contribution in [0.4, 0.5) is 5.69 Å². The van der Waals surface area contributed by atoms with E-state index >= 15 is 0 Å². The van der Waals surface area contributed by atoms with E-state index < -0.39 is 10.0 Å². The van der Waals surface area contributed by atoms with Gasteiger partial charge in [-0.2, -0.15) is 0 Å². The average Bonchev–Trinajstić information content (AvgIpc) is 2.84. The van der Waals surface area contributed by atoms with Crippen molar-refractivity contribution in [3.63, 3.8) is 0 Å². The third-order valence-corrected chi connectivity index (χ3v) is 8.16. The first kappa shape index (κ1) is 24.1. The van der Waals surface area contributed by atoms with E-state index in [2.05, 4.69) is 23.9 Å². The Bertz CT molecular complexity index is 1290. The summed E-state index contributed by atoms with van der Waals surface area (Å²) in [7, 11) is -3.99. The van der Waals surface area contributed by atoms with Gasteiger partial charge in [0, 0.05) is 23.2 Å². The number of carbonyl (C=O) groups excluding carboxylic acids is 1. The summed E-state index contributed by atoms with van der Waals surface area (Å²) in [5.74, 6) is 0.379. The lowest BCUT2D eigenvalue weighted by atomic mass is 9.83. The molecule has 0 aliphatic carbocycles. The number of carbonyl (C=O) groups is 1. The Morgan fingerprint density at radius 2 is 1.71 bits per heavy atom. The lowest BCUT2D eigenvalue weighted by Gasteiger charge is -2.41. The summed E-state index contributed by atoms with van der Waals surface area (Å²) >= 11 is 6.22. The summed E-state index contributed by atoms with van der Waals surface area (Å²) in [6.45, 7) is 4.15. The number of para-hydroxylation sites is 2. The summed E-state index contributed by atoms with van der Waals surface area (Å²) in [6.07, 6.45) is 2.23. The number of nitrogens with one attached hydrogen (secondary N) is 2. The van der Waals surface area contributed by atoms with Crippen molar-refractivity contribution in [3.05, 3.63) is 88.9 Å². The summed E-state index contributed by atoms with van der Waals surface area (Å²) in [4.78, 5) is 13.1. The number of sulfonamides is 1. The maximum absolute atomic E-state index is 13.2. The van der Waals surface area contributed by atoms with Gasteiger partial charge in [-0.1, -0.05) is 61.8 Å². The minimum atomic E-state index is -3.99. The van der Waals surface area contributed by atoms with Gasteiger partial charge in [0.05, 0.1) is 11.1 Å². The first-order valence-corrected chi connectivity index (χ1v) is 13.1. The second kappa shape index (κ2) is 9.68. The molecular formula is C26H27ClN2O4S. The standard InChI is InChI=1S/C26H27ClN2O4S/c1-3-26(4-2)17-22(20-12-8-9-13-23(20)33-26)28-25(30)18-14-15-21(27)24(16-18)34(31,32)29-19-10-6-5-7-11-19/h5-16,22,29H,3-4,17H2,1-2H3,(H,28,30). The first-order chi connectivity index (χ1) is 16.3. The molecule has 1 amide bonds. The van der Waals surface area contributed by atoms with Gasteiger partial charge in [0.1, 0.15) is 16.2 Å². The highest BCUT2D eigenvalue weighted by molar-refractivity contribution is 7.92. The molecule has 1 aliphatic heterocycles. The van der Waals surface area contributed by atoms with Crippen LogP contribution >= 0.6 is 11.6 Å². The zero-order chi connectivity index (χ0) is 24.3. The van der Waals surface area contributed by atoms with Crippen LogP contribution in [0.5, 0.6) is 5.75 Å². The normalized spacial score (nSPS) is 16.7. The Balaban J connectivity index is 1.62. The molecule has 6 nitrogen and oxygen atoms in total. The maximum Gasteiger partial charge on any atom is 0.263 e. The van der Waals surface area contributed by atoms with Crippen molar-refractivity contribution in [3.8, 4) is 5.75 Å². The highest BCUT2D eigenvalue weighted by Gasteiger charge is 2.39. The van der Waals surface area contributed by atoms with E-state index in [1.807, 2.05) is 24.3 Å². The summed E-state index contributed by atoms with van der Waals surface area (Å²) < 4.78 is 34.8. The molecule has 3 aromatic carbocycles. The molecule has 1 unspecified atom stereocenters. The molecule has 1 atom stereocenters. The Morgan fingerprint density at radius 1 is 1.03 bits per heavy atom. The molecule has 0 saturated carbocycles. The van der Waals surface area contributed by atoms with Crippen molar-refractivity contribution in [2.45, 2.75) is 49.6 Å². The van der Waals surface area contributed by atoms with Gasteiger partial charge in [0.2, 0.25) is 0 Å². The Kier molecular flexibility index (Phi) is 6.86. The van der Waals surface area contributed by atoms with E-state index in [4.69, 9.17) is 16.3 Å². The molecule has 0 saturated heterocycles. The predicted octanol–water partition coefficient (Wildman–Crippen LogP) is 5.95. The highest BCUT2D eigenvalue weighted by atomic mass is 35.5. The van der Waals surface area contributed by atoms with Crippen molar-refractivity contribution >= 4 is 33.2 Å². The monoisotopic (exact) mass is 498 g/mol. The van der Waals surface area contributed by atoms with Gasteiger partial charge in [-0.15, -0.1) is 0 Å². The second-order valence-electron chi connectivity index (χ2n) is 8.38. The van der Waals surface area contributed by atoms with Crippen LogP contribution in [0.3, 0.4) is 0 Å². The van der Waals surface area contributed by atoms with Gasteiger partial charge in [-0.3, -0.25) is 9.52 Å². The molecule has 8 heteroatoms. The number of anilines is 1. The number of halogens is 1. The van der Waals surface area contributed by atoms with Crippen molar-refractivity contribution < 1.29 is 17.9 Å². The van der Waals surface area contributed by atoms with Gasteiger partial charge < -0.3 is 10.1 Å². The third-order valence-electron chi connectivity index (χ3n) is 6.30. The molecule has 3 aromatic rings. The number of hydrogen-bond donors (Lipinski definition) is 2. The second-order valence-corrected chi connectivity index (χ2v) is 10.4. The molecule has 0 spiro atoms. The minimum absolute atomic E-state index is 0.0346. The Labute approximate surface area is 205 Å². The van der Waals surface area contributed by atoms with Gasteiger partial charge in [0.15, 0.2) is 0 Å². The number of fused-ring (bicyclic) bond motifs is 1. The maximum atomic E-state index is 13.2. The number of rotatable bonds is 7. The van der Waals surface area contributed by atoms with E-state index in [0.29, 0.717) is 12.1 Å². The van der Waals surface area contributed by atoms with Gasteiger partial charge >= 0.3 is 0 Å². The zero-order valence-electron chi connectivity index (χ0n) is 19.0. The molecular weight excluding hydrogens is 472 g/mol. The molecule has 178 valence electrons. The molecule has 0 radical (unpaired) electrons. The van der Waals surface area contributed by atoms with Crippen molar-refractivity contribution in [2.75, 3.05) is 4.72 Å². The summed E-state index contributed by atoms with van der Waals surface area (Å²) in [5.41, 5.74) is 1.14. The topological polar surface area (TPSA) is 84.5 Å². The Morgan fingerprint density at radius 3 is 2.41 bits per heavy atom. The summed E-state index contributed by atoms with van der Waals surface area (Å²) in [6, 6.07) is 20.2. The van der Waals surface area contributed by atoms with Gasteiger partial charge in [-0.05, 0) is 49.2 Å². The van der Waals surface area contributed by atoms with Crippen molar-refractivity contribution in [1.82, 2.24) is 5.32 Å². The van der Waals surface area contributed by atoms with Gasteiger partial charge in [0.25, 0.3) is 15.9 Å². The number of hydrogen-bond acceptors (Lipinski definition) is 4. The lowest BCUT2D eigenvalue weighted by Crippen LogP contribution is -2.44. The molecule has 1 aliphatic rings. The highest BCUT2D eigenvalue weighted by Crippen LogP contribution is 2.42. The van der Waals surface area contributed by atoms with Crippen molar-refractivity contribution in [2.24, 2.45) is 0 Å². The average molecular weight is 499 g/mol. The smallest absolute Gasteiger partial charge is 0.263 e. The fourth-order valence-electron chi connectivity index (χ4n) is 4.24. The molecule has 2 N–H and O–H groups in total. The largest absolute Gasteiger partial charge is 0.487 e. The van der Waals surface area contributed by atoms with Crippen LogP contribution in [0.1, 0.15) is 55.1 Å². The van der Waals surface area contributed by atoms with Crippen LogP contribution in [0.2, 0.25) is 5.02 Å². The van der Waals surface area contributed by atoms with Crippen LogP contribution in [0.25, 0.3) is 0 Å². The lowest BCUT2D eigenvalue weighted by molar-refractivity contribution is 0.0227. The van der Waals surface area contributed by atoms with E-state index in [1.54, 1.807) is 30.3 Å². The molecule has 4 rings (SSSR count). The van der Waals surface area contributed by atoms with Crippen LogP contribution < -0.4 is 14.8 Å². The van der Waals surface area contributed by atoms with E-state index in [-0.39, 0.29) is 33.0 Å². The zero-order valence-corrected chi connectivity index (χ0v) is 20.6. The minimum Gasteiger partial charge on any atom is -0.487 e. The predicted molar refractivity (Wildman–Crippen MR) is 134 cm³/mol.